The Morgan fingerprint density at radius 2 is 1.88 bits per heavy atom. The molecule has 4 rings (SSSR count). The minimum Gasteiger partial charge on any atom is -0.494 e. The average Bonchev–Trinajstić information content (AvgIpc) is 3.20. The molecule has 0 aliphatic carbocycles. The zero-order valence-electron chi connectivity index (χ0n) is 13.1. The molecule has 124 valence electrons. The van der Waals surface area contributed by atoms with E-state index < -0.39 is 0 Å². The summed E-state index contributed by atoms with van der Waals surface area (Å²) >= 11 is 0. The number of unbranched alkanes of at least 4 members (excludes halogenated alkanes) is 1. The molecule has 0 spiro atoms. The van der Waals surface area contributed by atoms with Crippen LogP contribution in [-0.2, 0) is 6.54 Å². The molecule has 7 heteroatoms. The molecule has 0 amide bonds. The summed E-state index contributed by atoms with van der Waals surface area (Å²) in [5.41, 5.74) is 8.16. The van der Waals surface area contributed by atoms with Crippen molar-refractivity contribution in [3.63, 3.8) is 0 Å². The smallest absolute Gasteiger partial charge is 0.231 e. The van der Waals surface area contributed by atoms with Crippen molar-refractivity contribution < 1.29 is 14.2 Å². The monoisotopic (exact) mass is 326 g/mol. The van der Waals surface area contributed by atoms with Gasteiger partial charge >= 0.3 is 0 Å². The Balaban J connectivity index is 1.31. The van der Waals surface area contributed by atoms with Gasteiger partial charge in [-0.15, -0.1) is 5.10 Å². The summed E-state index contributed by atoms with van der Waals surface area (Å²) in [6.45, 7) is 1.70. The van der Waals surface area contributed by atoms with Gasteiger partial charge < -0.3 is 19.9 Å². The van der Waals surface area contributed by atoms with Crippen molar-refractivity contribution in [2.45, 2.75) is 19.4 Å². The Labute approximate surface area is 138 Å². The number of nitrogens with two attached hydrogens (primary N) is 1. The lowest BCUT2D eigenvalue weighted by molar-refractivity contribution is 0.174. The van der Waals surface area contributed by atoms with Gasteiger partial charge in [0.25, 0.3) is 0 Å². The topological polar surface area (TPSA) is 84.4 Å². The Bertz CT molecular complexity index is 845. The fraction of sp³-hybridized carbons (Fsp3) is 0.294. The van der Waals surface area contributed by atoms with Gasteiger partial charge in [0.05, 0.1) is 12.1 Å². The summed E-state index contributed by atoms with van der Waals surface area (Å²) in [5, 5.41) is 8.39. The molecule has 24 heavy (non-hydrogen) atoms. The standard InChI is InChI=1S/C17H18N4O3/c18-12-3-5-13(6-4-12)22-8-2-1-7-21-15-10-17-16(23-11-24-17)9-14(15)19-20-21/h3-6,9-10H,1-2,7-8,11,18H2. The zero-order valence-corrected chi connectivity index (χ0v) is 13.1. The van der Waals surface area contributed by atoms with Gasteiger partial charge in [-0.3, -0.25) is 0 Å². The summed E-state index contributed by atoms with van der Waals surface area (Å²) in [6.07, 6.45) is 1.87. The van der Waals surface area contributed by atoms with Crippen molar-refractivity contribution in [1.82, 2.24) is 15.0 Å². The molecule has 2 N–H and O–H groups in total. The van der Waals surface area contributed by atoms with Crippen molar-refractivity contribution in [2.75, 3.05) is 19.1 Å². The molecule has 2 heterocycles. The number of nitrogens with zero attached hydrogens (tertiary/aromatic N) is 3. The number of rotatable bonds is 6. The second kappa shape index (κ2) is 6.27. The van der Waals surface area contributed by atoms with Gasteiger partial charge in [-0.1, -0.05) is 5.21 Å². The van der Waals surface area contributed by atoms with E-state index in [1.54, 1.807) is 0 Å². The number of fused-ring (bicyclic) bond motifs is 2. The maximum absolute atomic E-state index is 5.69. The lowest BCUT2D eigenvalue weighted by atomic mass is 10.2. The quantitative estimate of drug-likeness (QED) is 0.554. The van der Waals surface area contributed by atoms with E-state index in [1.165, 1.54) is 0 Å². The predicted molar refractivity (Wildman–Crippen MR) is 89.2 cm³/mol. The van der Waals surface area contributed by atoms with Crippen LogP contribution in [0.15, 0.2) is 36.4 Å². The molecule has 0 fully saturated rings. The van der Waals surface area contributed by atoms with Gasteiger partial charge in [-0.05, 0) is 37.1 Å². The van der Waals surface area contributed by atoms with Gasteiger partial charge in [0, 0.05) is 24.4 Å². The number of aromatic nitrogens is 3. The van der Waals surface area contributed by atoms with Crippen LogP contribution in [0.1, 0.15) is 12.8 Å². The maximum atomic E-state index is 5.69. The number of nitrogen functional groups attached to an aromatic ring is 1. The first-order chi connectivity index (χ1) is 11.8. The van der Waals surface area contributed by atoms with Gasteiger partial charge in [0.15, 0.2) is 11.5 Å². The van der Waals surface area contributed by atoms with Crippen LogP contribution in [0.4, 0.5) is 5.69 Å². The second-order valence-electron chi connectivity index (χ2n) is 5.63. The SMILES string of the molecule is Nc1ccc(OCCCCn2nnc3cc4c(cc32)OCO4)cc1. The largest absolute Gasteiger partial charge is 0.494 e. The summed E-state index contributed by atoms with van der Waals surface area (Å²) in [5.74, 6) is 2.31. The molecule has 0 bridgehead atoms. The summed E-state index contributed by atoms with van der Waals surface area (Å²) in [6, 6.07) is 11.2. The number of benzene rings is 2. The van der Waals surface area contributed by atoms with Crippen LogP contribution < -0.4 is 19.9 Å². The van der Waals surface area contributed by atoms with Gasteiger partial charge in [-0.25, -0.2) is 4.68 Å². The van der Waals surface area contributed by atoms with E-state index in [1.807, 2.05) is 41.1 Å². The maximum Gasteiger partial charge on any atom is 0.231 e. The molecule has 0 saturated heterocycles. The van der Waals surface area contributed by atoms with Crippen LogP contribution in [0.3, 0.4) is 0 Å². The van der Waals surface area contributed by atoms with Crippen molar-refractivity contribution in [3.05, 3.63) is 36.4 Å². The molecular formula is C17H18N4O3. The van der Waals surface area contributed by atoms with Crippen LogP contribution in [-0.4, -0.2) is 28.4 Å². The number of aryl methyl sites for hydroxylation is 1. The molecule has 3 aromatic rings. The van der Waals surface area contributed by atoms with Gasteiger partial charge in [0.1, 0.15) is 11.3 Å². The Morgan fingerprint density at radius 1 is 1.08 bits per heavy atom. The molecule has 0 atom stereocenters. The van der Waals surface area contributed by atoms with Crippen molar-refractivity contribution in [1.29, 1.82) is 0 Å². The molecule has 1 aliphatic rings. The minimum atomic E-state index is 0.262. The number of hydrogen-bond donors (Lipinski definition) is 1. The van der Waals surface area contributed by atoms with Crippen LogP contribution in [0.25, 0.3) is 11.0 Å². The molecular weight excluding hydrogens is 308 g/mol. The zero-order chi connectivity index (χ0) is 16.4. The molecule has 7 nitrogen and oxygen atoms in total. The van der Waals surface area contributed by atoms with E-state index in [0.717, 1.165) is 53.4 Å². The van der Waals surface area contributed by atoms with Crippen molar-refractivity contribution >= 4 is 16.7 Å². The molecule has 0 saturated carbocycles. The fourth-order valence-electron chi connectivity index (χ4n) is 2.64. The Hall–Kier alpha value is -2.96. The third kappa shape index (κ3) is 2.92. The second-order valence-corrected chi connectivity index (χ2v) is 5.63. The van der Waals surface area contributed by atoms with Crippen LogP contribution in [0.2, 0.25) is 0 Å². The Kier molecular flexibility index (Phi) is 3.82. The third-order valence-electron chi connectivity index (χ3n) is 3.92. The lowest BCUT2D eigenvalue weighted by Crippen LogP contribution is -2.04. The third-order valence-corrected chi connectivity index (χ3v) is 3.92. The van der Waals surface area contributed by atoms with Crippen molar-refractivity contribution in [3.8, 4) is 17.2 Å². The molecule has 1 aliphatic heterocycles. The highest BCUT2D eigenvalue weighted by molar-refractivity contribution is 5.79. The van der Waals surface area contributed by atoms with Crippen molar-refractivity contribution in [2.24, 2.45) is 0 Å². The van der Waals surface area contributed by atoms with Crippen LogP contribution in [0, 0.1) is 0 Å². The van der Waals surface area contributed by atoms with E-state index in [2.05, 4.69) is 10.3 Å². The highest BCUT2D eigenvalue weighted by Gasteiger charge is 2.17. The number of ether oxygens (including phenoxy) is 3. The first kappa shape index (κ1) is 14.6. The first-order valence-electron chi connectivity index (χ1n) is 7.91. The summed E-state index contributed by atoms with van der Waals surface area (Å²) in [4.78, 5) is 0. The van der Waals surface area contributed by atoms with Crippen LogP contribution >= 0.6 is 0 Å². The summed E-state index contributed by atoms with van der Waals surface area (Å²) < 4.78 is 18.3. The van der Waals surface area contributed by atoms with Crippen LogP contribution in [0.5, 0.6) is 17.2 Å². The highest BCUT2D eigenvalue weighted by Crippen LogP contribution is 2.35. The first-order valence-corrected chi connectivity index (χ1v) is 7.91. The minimum absolute atomic E-state index is 0.262. The fourth-order valence-corrected chi connectivity index (χ4v) is 2.64. The number of hydrogen-bond acceptors (Lipinski definition) is 6. The van der Waals surface area contributed by atoms with E-state index in [9.17, 15) is 0 Å². The normalized spacial score (nSPS) is 12.7. The molecule has 1 aromatic heterocycles. The average molecular weight is 326 g/mol. The highest BCUT2D eigenvalue weighted by atomic mass is 16.7. The Morgan fingerprint density at radius 3 is 2.71 bits per heavy atom. The van der Waals surface area contributed by atoms with E-state index in [4.69, 9.17) is 19.9 Å². The van der Waals surface area contributed by atoms with E-state index in [0.29, 0.717) is 6.61 Å². The van der Waals surface area contributed by atoms with Gasteiger partial charge in [-0.2, -0.15) is 0 Å². The molecule has 0 unspecified atom stereocenters. The molecule has 0 radical (unpaired) electrons. The number of anilines is 1. The predicted octanol–water partition coefficient (Wildman–Crippen LogP) is 2.60. The lowest BCUT2D eigenvalue weighted by Gasteiger charge is -2.07. The van der Waals surface area contributed by atoms with E-state index >= 15 is 0 Å². The van der Waals surface area contributed by atoms with Gasteiger partial charge in [0.2, 0.25) is 6.79 Å². The summed E-state index contributed by atoms with van der Waals surface area (Å²) in [7, 11) is 0. The van der Waals surface area contributed by atoms with E-state index in [-0.39, 0.29) is 6.79 Å². The molecule has 2 aromatic carbocycles.